The highest BCUT2D eigenvalue weighted by Crippen LogP contribution is 2.29. The average Bonchev–Trinajstić information content (AvgIpc) is 3.37. The largest absolute Gasteiger partial charge is 0.457 e. The van der Waals surface area contributed by atoms with Gasteiger partial charge >= 0.3 is 0 Å². The lowest BCUT2D eigenvalue weighted by Crippen LogP contribution is -2.13. The molecule has 0 spiro atoms. The van der Waals surface area contributed by atoms with Gasteiger partial charge in [0.25, 0.3) is 0 Å². The number of aryl methyl sites for hydroxylation is 1. The van der Waals surface area contributed by atoms with Gasteiger partial charge in [-0.05, 0) is 43.3 Å². The second-order valence-electron chi connectivity index (χ2n) is 6.11. The third-order valence-corrected chi connectivity index (χ3v) is 5.68. The minimum Gasteiger partial charge on any atom is -0.457 e. The highest BCUT2D eigenvalue weighted by molar-refractivity contribution is 8.01. The van der Waals surface area contributed by atoms with E-state index in [4.69, 9.17) is 9.26 Å². The van der Waals surface area contributed by atoms with Crippen LogP contribution in [0.15, 0.2) is 69.5 Å². The Morgan fingerprint density at radius 2 is 1.87 bits per heavy atom. The van der Waals surface area contributed by atoms with Crippen LogP contribution in [0, 0.1) is 6.92 Å². The number of rotatable bonds is 8. The van der Waals surface area contributed by atoms with Crippen molar-refractivity contribution >= 4 is 45.7 Å². The molecular formula is C20H17N5O3S2. The third kappa shape index (κ3) is 5.58. The smallest absolute Gasteiger partial charge is 0.237 e. The zero-order valence-electron chi connectivity index (χ0n) is 15.9. The number of aromatic nitrogens is 3. The summed E-state index contributed by atoms with van der Waals surface area (Å²) in [5, 5.41) is 18.4. The van der Waals surface area contributed by atoms with Crippen LogP contribution in [-0.2, 0) is 4.79 Å². The number of thioether (sulfide) groups is 1. The molecule has 1 amide bonds. The normalized spacial score (nSPS) is 10.6. The van der Waals surface area contributed by atoms with Crippen LogP contribution in [0.5, 0.6) is 11.5 Å². The van der Waals surface area contributed by atoms with E-state index in [-0.39, 0.29) is 11.7 Å². The summed E-state index contributed by atoms with van der Waals surface area (Å²) in [4.78, 5) is 12.0. The van der Waals surface area contributed by atoms with E-state index in [2.05, 4.69) is 26.0 Å². The first-order valence-electron chi connectivity index (χ1n) is 8.93. The molecule has 0 saturated heterocycles. The van der Waals surface area contributed by atoms with Crippen LogP contribution in [0.2, 0.25) is 0 Å². The van der Waals surface area contributed by atoms with E-state index >= 15 is 0 Å². The van der Waals surface area contributed by atoms with Gasteiger partial charge in [0.2, 0.25) is 16.9 Å². The average molecular weight is 440 g/mol. The number of anilines is 3. The molecule has 0 atom stereocenters. The third-order valence-electron chi connectivity index (χ3n) is 3.71. The number of nitrogens with one attached hydrogen (secondary N) is 2. The number of hydrogen-bond acceptors (Lipinski definition) is 9. The fourth-order valence-corrected chi connectivity index (χ4v) is 3.97. The van der Waals surface area contributed by atoms with Gasteiger partial charge in [0.05, 0.1) is 11.4 Å². The summed E-state index contributed by atoms with van der Waals surface area (Å²) in [7, 11) is 0. The summed E-state index contributed by atoms with van der Waals surface area (Å²) in [5.41, 5.74) is 1.57. The van der Waals surface area contributed by atoms with Gasteiger partial charge in [0.1, 0.15) is 11.5 Å². The highest BCUT2D eigenvalue weighted by atomic mass is 32.2. The Hall–Kier alpha value is -3.37. The molecule has 0 aliphatic carbocycles. The fourth-order valence-electron chi connectivity index (χ4n) is 2.40. The molecule has 4 aromatic rings. The van der Waals surface area contributed by atoms with Crippen molar-refractivity contribution in [3.05, 3.63) is 66.4 Å². The van der Waals surface area contributed by atoms with Crippen LogP contribution in [0.4, 0.5) is 16.7 Å². The van der Waals surface area contributed by atoms with Gasteiger partial charge in [-0.15, -0.1) is 10.2 Å². The van der Waals surface area contributed by atoms with E-state index in [0.29, 0.717) is 21.0 Å². The molecule has 2 aromatic heterocycles. The van der Waals surface area contributed by atoms with Gasteiger partial charge in [0.15, 0.2) is 4.34 Å². The van der Waals surface area contributed by atoms with Crippen molar-refractivity contribution in [2.24, 2.45) is 0 Å². The number of amides is 1. The number of benzene rings is 2. The maximum absolute atomic E-state index is 12.0. The molecule has 0 bridgehead atoms. The number of nitrogens with zero attached hydrogens (tertiary/aromatic N) is 3. The Balaban J connectivity index is 1.27. The molecule has 0 radical (unpaired) electrons. The lowest BCUT2D eigenvalue weighted by Gasteiger charge is -2.06. The molecule has 4 rings (SSSR count). The van der Waals surface area contributed by atoms with Gasteiger partial charge in [-0.25, -0.2) is 0 Å². The van der Waals surface area contributed by atoms with Gasteiger partial charge < -0.3 is 14.6 Å². The summed E-state index contributed by atoms with van der Waals surface area (Å²) in [5.74, 6) is 1.85. The van der Waals surface area contributed by atoms with Gasteiger partial charge in [0, 0.05) is 11.8 Å². The van der Waals surface area contributed by atoms with E-state index in [9.17, 15) is 4.79 Å². The summed E-state index contributed by atoms with van der Waals surface area (Å²) in [6, 6.07) is 18.8. The van der Waals surface area contributed by atoms with Crippen LogP contribution in [0.25, 0.3) is 0 Å². The molecule has 0 saturated carbocycles. The molecule has 8 nitrogen and oxygen atoms in total. The quantitative estimate of drug-likeness (QED) is 0.366. The van der Waals surface area contributed by atoms with Crippen molar-refractivity contribution in [1.29, 1.82) is 0 Å². The Morgan fingerprint density at radius 3 is 2.60 bits per heavy atom. The Labute approximate surface area is 180 Å². The monoisotopic (exact) mass is 439 g/mol. The minimum atomic E-state index is -0.199. The van der Waals surface area contributed by atoms with Crippen LogP contribution < -0.4 is 15.4 Å². The number of carbonyl (C=O) groups is 1. The SMILES string of the molecule is Cc1cc(NC(=O)CSc2nnc(Nc3ccc(Oc4ccccc4)cc3)s2)on1. The molecule has 2 heterocycles. The second kappa shape index (κ2) is 9.42. The summed E-state index contributed by atoms with van der Waals surface area (Å²) >= 11 is 2.67. The summed E-state index contributed by atoms with van der Waals surface area (Å²) in [6.45, 7) is 1.79. The predicted molar refractivity (Wildman–Crippen MR) is 117 cm³/mol. The molecular weight excluding hydrogens is 422 g/mol. The lowest BCUT2D eigenvalue weighted by atomic mass is 10.3. The molecule has 0 fully saturated rings. The van der Waals surface area contributed by atoms with Crippen molar-refractivity contribution in [1.82, 2.24) is 15.4 Å². The molecule has 10 heteroatoms. The van der Waals surface area contributed by atoms with Crippen LogP contribution >= 0.6 is 23.1 Å². The molecule has 2 N–H and O–H groups in total. The second-order valence-corrected chi connectivity index (χ2v) is 8.31. The van der Waals surface area contributed by atoms with E-state index in [1.807, 2.05) is 54.6 Å². The molecule has 2 aromatic carbocycles. The molecule has 0 aliphatic heterocycles. The van der Waals surface area contributed by atoms with Crippen molar-refractivity contribution in [3.8, 4) is 11.5 Å². The van der Waals surface area contributed by atoms with Crippen LogP contribution in [0.3, 0.4) is 0 Å². The van der Waals surface area contributed by atoms with Gasteiger partial charge in [-0.2, -0.15) is 0 Å². The van der Waals surface area contributed by atoms with Crippen molar-refractivity contribution in [3.63, 3.8) is 0 Å². The zero-order valence-corrected chi connectivity index (χ0v) is 17.5. The first kappa shape index (κ1) is 19.9. The summed E-state index contributed by atoms with van der Waals surface area (Å²) < 4.78 is 11.4. The Bertz CT molecular complexity index is 1110. The Morgan fingerprint density at radius 1 is 1.10 bits per heavy atom. The Kier molecular flexibility index (Phi) is 6.26. The van der Waals surface area contributed by atoms with E-state index in [1.165, 1.54) is 23.1 Å². The molecule has 0 aliphatic rings. The number of ether oxygens (including phenoxy) is 1. The van der Waals surface area contributed by atoms with Gasteiger partial charge in [-0.1, -0.05) is 46.5 Å². The highest BCUT2D eigenvalue weighted by Gasteiger charge is 2.10. The van der Waals surface area contributed by atoms with Crippen molar-refractivity contribution in [2.45, 2.75) is 11.3 Å². The van der Waals surface area contributed by atoms with E-state index in [0.717, 1.165) is 17.2 Å². The number of hydrogen-bond donors (Lipinski definition) is 2. The zero-order chi connectivity index (χ0) is 20.8. The van der Waals surface area contributed by atoms with Crippen molar-refractivity contribution < 1.29 is 14.1 Å². The van der Waals surface area contributed by atoms with Gasteiger partial charge in [-0.3, -0.25) is 10.1 Å². The molecule has 30 heavy (non-hydrogen) atoms. The molecule has 152 valence electrons. The van der Waals surface area contributed by atoms with E-state index < -0.39 is 0 Å². The first-order valence-corrected chi connectivity index (χ1v) is 10.7. The maximum atomic E-state index is 12.0. The van der Waals surface area contributed by atoms with Crippen LogP contribution in [-0.4, -0.2) is 27.0 Å². The minimum absolute atomic E-state index is 0.194. The molecule has 0 unspecified atom stereocenters. The van der Waals surface area contributed by atoms with E-state index in [1.54, 1.807) is 13.0 Å². The number of para-hydroxylation sites is 1. The first-order chi connectivity index (χ1) is 14.6. The van der Waals surface area contributed by atoms with Crippen molar-refractivity contribution in [2.75, 3.05) is 16.4 Å². The lowest BCUT2D eigenvalue weighted by molar-refractivity contribution is -0.113. The fraction of sp³-hybridized carbons (Fsp3) is 0.100. The number of carbonyl (C=O) groups excluding carboxylic acids is 1. The topological polar surface area (TPSA) is 102 Å². The standard InChI is InChI=1S/C20H17N5O3S2/c1-13-11-18(28-25-13)22-17(26)12-29-20-24-23-19(30-20)21-14-7-9-16(10-8-14)27-15-5-3-2-4-6-15/h2-11H,12H2,1H3,(H,21,23)(H,22,26). The predicted octanol–water partition coefficient (Wildman–Crippen LogP) is 5.10. The maximum Gasteiger partial charge on any atom is 0.237 e. The van der Waals surface area contributed by atoms with Crippen LogP contribution in [0.1, 0.15) is 5.69 Å². The summed E-state index contributed by atoms with van der Waals surface area (Å²) in [6.07, 6.45) is 0.